The van der Waals surface area contributed by atoms with E-state index in [4.69, 9.17) is 16.3 Å². The molecule has 1 aromatic carbocycles. The van der Waals surface area contributed by atoms with Crippen molar-refractivity contribution in [1.29, 1.82) is 0 Å². The minimum absolute atomic E-state index is 0.175. The summed E-state index contributed by atoms with van der Waals surface area (Å²) in [6.07, 6.45) is 2.53. The van der Waals surface area contributed by atoms with Crippen LogP contribution in [0.1, 0.15) is 12.5 Å². The number of hydrogen-bond donors (Lipinski definition) is 1. The van der Waals surface area contributed by atoms with Crippen LogP contribution in [0.5, 0.6) is 0 Å². The lowest BCUT2D eigenvalue weighted by Crippen LogP contribution is -2.34. The Bertz CT molecular complexity index is 425. The third-order valence-corrected chi connectivity index (χ3v) is 3.55. The molecule has 0 radical (unpaired) electrons. The molecule has 0 heterocycles. The number of methoxy groups -OCH3 is 1. The van der Waals surface area contributed by atoms with Crippen molar-refractivity contribution in [3.05, 3.63) is 47.3 Å². The van der Waals surface area contributed by atoms with E-state index in [1.807, 2.05) is 12.1 Å². The molecule has 0 aliphatic carbocycles. The predicted molar refractivity (Wildman–Crippen MR) is 78.2 cm³/mol. The Hall–Kier alpha value is -0.900. The number of ether oxygens (including phenoxy) is 1. The highest BCUT2D eigenvalue weighted by Crippen LogP contribution is 2.28. The van der Waals surface area contributed by atoms with Gasteiger partial charge >= 0.3 is 0 Å². The normalized spacial score (nSPS) is 14.1. The minimum atomic E-state index is -0.377. The van der Waals surface area contributed by atoms with Gasteiger partial charge in [0, 0.05) is 25.6 Å². The Balaban J connectivity index is 2.69. The van der Waals surface area contributed by atoms with E-state index in [1.54, 1.807) is 13.2 Å². The molecule has 4 heteroatoms. The Kier molecular flexibility index (Phi) is 6.49. The van der Waals surface area contributed by atoms with Crippen LogP contribution in [-0.4, -0.2) is 26.8 Å². The molecule has 0 aromatic heterocycles. The molecule has 106 valence electrons. The Labute approximate surface area is 119 Å². The third kappa shape index (κ3) is 4.94. The third-order valence-electron chi connectivity index (χ3n) is 3.13. The van der Waals surface area contributed by atoms with Crippen LogP contribution in [0.25, 0.3) is 0 Å². The minimum Gasteiger partial charge on any atom is -0.383 e. The highest BCUT2D eigenvalue weighted by Gasteiger charge is 2.22. The highest BCUT2D eigenvalue weighted by atomic mass is 35.5. The van der Waals surface area contributed by atoms with Crippen molar-refractivity contribution in [2.45, 2.75) is 13.3 Å². The standard InChI is InChI=1S/C15H21ClFNO/c1-4-15(2,11-18-8-9-19-3)10-12-6-5-7-13(17)14(12)16/h4-7,18H,1,8-11H2,2-3H3. The second kappa shape index (κ2) is 7.63. The monoisotopic (exact) mass is 285 g/mol. The summed E-state index contributed by atoms with van der Waals surface area (Å²) in [7, 11) is 1.67. The van der Waals surface area contributed by atoms with E-state index >= 15 is 0 Å². The van der Waals surface area contributed by atoms with Gasteiger partial charge in [0.1, 0.15) is 5.82 Å². The van der Waals surface area contributed by atoms with Crippen molar-refractivity contribution >= 4 is 11.6 Å². The summed E-state index contributed by atoms with van der Waals surface area (Å²) >= 11 is 5.99. The summed E-state index contributed by atoms with van der Waals surface area (Å²) in [5.41, 5.74) is 0.628. The Morgan fingerprint density at radius 1 is 1.53 bits per heavy atom. The van der Waals surface area contributed by atoms with Crippen LogP contribution >= 0.6 is 11.6 Å². The van der Waals surface area contributed by atoms with Gasteiger partial charge in [0.05, 0.1) is 11.6 Å². The van der Waals surface area contributed by atoms with Crippen molar-refractivity contribution in [3.63, 3.8) is 0 Å². The molecule has 0 saturated carbocycles. The molecule has 0 bridgehead atoms. The van der Waals surface area contributed by atoms with Crippen molar-refractivity contribution in [2.24, 2.45) is 5.41 Å². The van der Waals surface area contributed by atoms with Gasteiger partial charge in [-0.2, -0.15) is 0 Å². The van der Waals surface area contributed by atoms with Crippen LogP contribution in [0.15, 0.2) is 30.9 Å². The zero-order valence-electron chi connectivity index (χ0n) is 11.5. The molecule has 0 saturated heterocycles. The van der Waals surface area contributed by atoms with Gasteiger partial charge in [-0.1, -0.05) is 36.7 Å². The molecule has 0 aliphatic heterocycles. The number of nitrogens with one attached hydrogen (secondary N) is 1. The predicted octanol–water partition coefficient (Wildman–Crippen LogP) is 3.45. The fraction of sp³-hybridized carbons (Fsp3) is 0.467. The first-order valence-corrected chi connectivity index (χ1v) is 6.66. The average molecular weight is 286 g/mol. The highest BCUT2D eigenvalue weighted by molar-refractivity contribution is 6.31. The first kappa shape index (κ1) is 16.2. The van der Waals surface area contributed by atoms with Crippen LogP contribution in [0, 0.1) is 11.2 Å². The zero-order chi connectivity index (χ0) is 14.3. The van der Waals surface area contributed by atoms with Gasteiger partial charge < -0.3 is 10.1 Å². The molecule has 0 spiro atoms. The van der Waals surface area contributed by atoms with Crippen molar-refractivity contribution in [1.82, 2.24) is 5.32 Å². The van der Waals surface area contributed by atoms with Crippen LogP contribution in [-0.2, 0) is 11.2 Å². The average Bonchev–Trinajstić information content (AvgIpc) is 2.40. The summed E-state index contributed by atoms with van der Waals surface area (Å²) < 4.78 is 18.4. The van der Waals surface area contributed by atoms with E-state index in [0.717, 1.165) is 18.7 Å². The van der Waals surface area contributed by atoms with E-state index in [1.165, 1.54) is 6.07 Å². The van der Waals surface area contributed by atoms with E-state index in [0.29, 0.717) is 13.0 Å². The van der Waals surface area contributed by atoms with Crippen molar-refractivity contribution < 1.29 is 9.13 Å². The number of halogens is 2. The molecule has 2 nitrogen and oxygen atoms in total. The lowest BCUT2D eigenvalue weighted by atomic mass is 9.83. The molecule has 1 atom stereocenters. The van der Waals surface area contributed by atoms with E-state index < -0.39 is 0 Å². The van der Waals surface area contributed by atoms with Gasteiger partial charge in [-0.15, -0.1) is 6.58 Å². The van der Waals surface area contributed by atoms with Crippen LogP contribution in [0.3, 0.4) is 0 Å². The maximum Gasteiger partial charge on any atom is 0.142 e. The van der Waals surface area contributed by atoms with Gasteiger partial charge in [0.25, 0.3) is 0 Å². The molecule has 0 fully saturated rings. The topological polar surface area (TPSA) is 21.3 Å². The second-order valence-corrected chi connectivity index (χ2v) is 5.30. The molecule has 19 heavy (non-hydrogen) atoms. The first-order chi connectivity index (χ1) is 9.02. The van der Waals surface area contributed by atoms with Crippen LogP contribution < -0.4 is 5.32 Å². The fourth-order valence-corrected chi connectivity index (χ4v) is 2.07. The second-order valence-electron chi connectivity index (χ2n) is 4.92. The molecule has 0 amide bonds. The van der Waals surface area contributed by atoms with E-state index in [2.05, 4.69) is 18.8 Å². The zero-order valence-corrected chi connectivity index (χ0v) is 12.3. The Morgan fingerprint density at radius 2 is 2.26 bits per heavy atom. The van der Waals surface area contributed by atoms with Crippen LogP contribution in [0.4, 0.5) is 4.39 Å². The molecule has 1 unspecified atom stereocenters. The number of benzene rings is 1. The quantitative estimate of drug-likeness (QED) is 0.583. The first-order valence-electron chi connectivity index (χ1n) is 6.28. The largest absolute Gasteiger partial charge is 0.383 e. The molecule has 0 aliphatic rings. The summed E-state index contributed by atoms with van der Waals surface area (Å²) in [5, 5.41) is 3.50. The molecule has 1 rings (SSSR count). The number of hydrogen-bond acceptors (Lipinski definition) is 2. The molecule has 1 N–H and O–H groups in total. The van der Waals surface area contributed by atoms with Gasteiger partial charge in [-0.05, 0) is 18.1 Å². The summed E-state index contributed by atoms with van der Waals surface area (Å²) in [6.45, 7) is 8.12. The van der Waals surface area contributed by atoms with E-state index in [9.17, 15) is 4.39 Å². The lowest BCUT2D eigenvalue weighted by Gasteiger charge is -2.27. The maximum atomic E-state index is 13.4. The summed E-state index contributed by atoms with van der Waals surface area (Å²) in [5.74, 6) is -0.377. The Morgan fingerprint density at radius 3 is 2.89 bits per heavy atom. The SMILES string of the molecule is C=CC(C)(CNCCOC)Cc1cccc(F)c1Cl. The summed E-state index contributed by atoms with van der Waals surface area (Å²) in [6, 6.07) is 4.90. The lowest BCUT2D eigenvalue weighted by molar-refractivity contribution is 0.195. The molecular weight excluding hydrogens is 265 g/mol. The smallest absolute Gasteiger partial charge is 0.142 e. The summed E-state index contributed by atoms with van der Waals surface area (Å²) in [4.78, 5) is 0. The van der Waals surface area contributed by atoms with Gasteiger partial charge in [0.15, 0.2) is 0 Å². The number of rotatable bonds is 8. The fourth-order valence-electron chi connectivity index (χ4n) is 1.88. The maximum absolute atomic E-state index is 13.4. The van der Waals surface area contributed by atoms with E-state index in [-0.39, 0.29) is 16.3 Å². The van der Waals surface area contributed by atoms with Gasteiger partial charge in [0.2, 0.25) is 0 Å². The van der Waals surface area contributed by atoms with Crippen molar-refractivity contribution in [2.75, 3.05) is 26.8 Å². The van der Waals surface area contributed by atoms with Crippen LogP contribution in [0.2, 0.25) is 5.02 Å². The van der Waals surface area contributed by atoms with Gasteiger partial charge in [-0.25, -0.2) is 4.39 Å². The molecular formula is C15H21ClFNO. The van der Waals surface area contributed by atoms with Gasteiger partial charge in [-0.3, -0.25) is 0 Å². The van der Waals surface area contributed by atoms with Crippen molar-refractivity contribution in [3.8, 4) is 0 Å². The molecule has 1 aromatic rings.